The van der Waals surface area contributed by atoms with E-state index in [9.17, 15) is 0 Å². The topological polar surface area (TPSA) is 39.1 Å². The summed E-state index contributed by atoms with van der Waals surface area (Å²) in [5, 5.41) is 7.79. The summed E-state index contributed by atoms with van der Waals surface area (Å²) in [6.45, 7) is 9.84. The van der Waals surface area contributed by atoms with Gasteiger partial charge in [0.1, 0.15) is 0 Å². The van der Waals surface area contributed by atoms with Crippen LogP contribution >= 0.6 is 0 Å². The molecule has 0 aliphatic heterocycles. The van der Waals surface area contributed by atoms with Crippen molar-refractivity contribution in [2.45, 2.75) is 39.3 Å². The molecule has 1 rings (SSSR count). The van der Waals surface area contributed by atoms with E-state index in [-0.39, 0.29) is 11.6 Å². The number of likely N-dealkylation sites (N-methyl/N-ethyl adjacent to an activating group) is 1. The summed E-state index contributed by atoms with van der Waals surface area (Å²) < 4.78 is 7.61. The highest BCUT2D eigenvalue weighted by atomic mass is 16.5. The fraction of sp³-hybridized carbons (Fsp3) is 0.750. The maximum Gasteiger partial charge on any atom is 0.0817 e. The first-order chi connectivity index (χ1) is 7.42. The highest BCUT2D eigenvalue weighted by Gasteiger charge is 2.17. The van der Waals surface area contributed by atoms with Crippen LogP contribution in [0.3, 0.4) is 0 Å². The first-order valence-corrected chi connectivity index (χ1v) is 5.79. The van der Waals surface area contributed by atoms with Gasteiger partial charge in [-0.25, -0.2) is 0 Å². The van der Waals surface area contributed by atoms with Crippen LogP contribution in [0.25, 0.3) is 0 Å². The lowest BCUT2D eigenvalue weighted by Gasteiger charge is -2.24. The lowest BCUT2D eigenvalue weighted by Crippen LogP contribution is -2.30. The molecule has 0 aliphatic carbocycles. The molecule has 4 nitrogen and oxygen atoms in total. The maximum absolute atomic E-state index is 5.80. The Morgan fingerprint density at radius 2 is 2.19 bits per heavy atom. The Hall–Kier alpha value is -0.870. The Labute approximate surface area is 98.0 Å². The maximum atomic E-state index is 5.80. The minimum Gasteiger partial charge on any atom is -0.374 e. The van der Waals surface area contributed by atoms with E-state index in [1.54, 1.807) is 0 Å². The fourth-order valence-electron chi connectivity index (χ4n) is 1.45. The van der Waals surface area contributed by atoms with Gasteiger partial charge in [-0.15, -0.1) is 0 Å². The Morgan fingerprint density at radius 3 is 2.62 bits per heavy atom. The summed E-state index contributed by atoms with van der Waals surface area (Å²) in [5.41, 5.74) is 0.927. The van der Waals surface area contributed by atoms with E-state index in [4.69, 9.17) is 4.74 Å². The molecular weight excluding hydrogens is 202 g/mol. The molecule has 1 aromatic rings. The smallest absolute Gasteiger partial charge is 0.0817 e. The highest BCUT2D eigenvalue weighted by molar-refractivity contribution is 5.05. The van der Waals surface area contributed by atoms with Gasteiger partial charge in [0.15, 0.2) is 0 Å². The number of nitrogens with one attached hydrogen (secondary N) is 1. The molecule has 0 saturated carbocycles. The van der Waals surface area contributed by atoms with E-state index in [0.717, 1.165) is 12.2 Å². The third-order valence-corrected chi connectivity index (χ3v) is 2.22. The Morgan fingerprint density at radius 1 is 1.50 bits per heavy atom. The monoisotopic (exact) mass is 225 g/mol. The zero-order valence-corrected chi connectivity index (χ0v) is 10.9. The quantitative estimate of drug-likeness (QED) is 0.831. The summed E-state index contributed by atoms with van der Waals surface area (Å²) in [6, 6.07) is 2.20. The fourth-order valence-corrected chi connectivity index (χ4v) is 1.45. The van der Waals surface area contributed by atoms with Crippen LogP contribution in [-0.4, -0.2) is 28.5 Å². The molecule has 0 amide bonds. The molecule has 4 heteroatoms. The first-order valence-electron chi connectivity index (χ1n) is 5.79. The number of nitrogens with zero attached hydrogens (tertiary/aromatic N) is 2. The molecule has 0 spiro atoms. The number of aryl methyl sites for hydroxylation is 1. The average Bonchev–Trinajstić information content (AvgIpc) is 2.57. The summed E-state index contributed by atoms with van der Waals surface area (Å²) in [4.78, 5) is 0. The lowest BCUT2D eigenvalue weighted by atomic mass is 10.1. The first kappa shape index (κ1) is 13.2. The number of hydrogen-bond donors (Lipinski definition) is 1. The van der Waals surface area contributed by atoms with E-state index in [2.05, 4.69) is 38.1 Å². The predicted octanol–water partition coefficient (Wildman–Crippen LogP) is 1.89. The van der Waals surface area contributed by atoms with Gasteiger partial charge in [-0.05, 0) is 33.4 Å². The normalized spacial score (nSPS) is 14.1. The van der Waals surface area contributed by atoms with Crippen molar-refractivity contribution in [1.29, 1.82) is 0 Å². The highest BCUT2D eigenvalue weighted by Crippen LogP contribution is 2.15. The van der Waals surface area contributed by atoms with Crippen LogP contribution in [0.5, 0.6) is 0 Å². The minimum atomic E-state index is -0.109. The zero-order chi connectivity index (χ0) is 12.2. The van der Waals surface area contributed by atoms with Gasteiger partial charge in [0.25, 0.3) is 0 Å². The Bertz CT molecular complexity index is 314. The van der Waals surface area contributed by atoms with Crippen LogP contribution < -0.4 is 5.32 Å². The van der Waals surface area contributed by atoms with Crippen LogP contribution in [0.15, 0.2) is 12.3 Å². The molecule has 1 heterocycles. The van der Waals surface area contributed by atoms with E-state index in [1.807, 2.05) is 24.0 Å². The van der Waals surface area contributed by atoms with Crippen molar-refractivity contribution in [3.8, 4) is 0 Å². The molecule has 0 fully saturated rings. The number of aromatic nitrogens is 2. The van der Waals surface area contributed by atoms with Crippen molar-refractivity contribution in [3.63, 3.8) is 0 Å². The van der Waals surface area contributed by atoms with Crippen molar-refractivity contribution in [3.05, 3.63) is 18.0 Å². The lowest BCUT2D eigenvalue weighted by molar-refractivity contribution is -0.0151. The van der Waals surface area contributed by atoms with Gasteiger partial charge in [0.05, 0.1) is 23.9 Å². The second-order valence-corrected chi connectivity index (χ2v) is 4.95. The molecule has 16 heavy (non-hydrogen) atoms. The molecule has 0 bridgehead atoms. The molecule has 0 saturated heterocycles. The summed E-state index contributed by atoms with van der Waals surface area (Å²) >= 11 is 0. The Kier molecular flexibility index (Phi) is 4.50. The van der Waals surface area contributed by atoms with Crippen molar-refractivity contribution in [1.82, 2.24) is 15.1 Å². The van der Waals surface area contributed by atoms with Crippen molar-refractivity contribution >= 4 is 0 Å². The molecule has 0 aliphatic rings. The number of hydrogen-bond acceptors (Lipinski definition) is 3. The van der Waals surface area contributed by atoms with E-state index < -0.39 is 0 Å². The molecule has 1 N–H and O–H groups in total. The number of ether oxygens (including phenoxy) is 1. The zero-order valence-electron chi connectivity index (χ0n) is 10.9. The van der Waals surface area contributed by atoms with Gasteiger partial charge >= 0.3 is 0 Å². The summed E-state index contributed by atoms with van der Waals surface area (Å²) in [5.74, 6) is 0. The van der Waals surface area contributed by atoms with E-state index >= 15 is 0 Å². The summed E-state index contributed by atoms with van der Waals surface area (Å²) in [6.07, 6.45) is 1.96. The van der Waals surface area contributed by atoms with Crippen molar-refractivity contribution in [2.75, 3.05) is 13.2 Å². The molecule has 1 unspecified atom stereocenters. The van der Waals surface area contributed by atoms with Crippen LogP contribution in [0, 0.1) is 0 Å². The largest absolute Gasteiger partial charge is 0.374 e. The third-order valence-electron chi connectivity index (χ3n) is 2.22. The summed E-state index contributed by atoms with van der Waals surface area (Å²) in [7, 11) is 1.93. The molecule has 92 valence electrons. The van der Waals surface area contributed by atoms with Gasteiger partial charge in [-0.1, -0.05) is 6.92 Å². The standard InChI is InChI=1S/C12H23N3O/c1-6-13-11(9-16-12(2,3)4)10-7-8-15(5)14-10/h7-8,11,13H,6,9H2,1-5H3. The third kappa shape index (κ3) is 4.33. The van der Waals surface area contributed by atoms with Crippen LogP contribution in [-0.2, 0) is 11.8 Å². The van der Waals surface area contributed by atoms with Gasteiger partial charge in [0.2, 0.25) is 0 Å². The average molecular weight is 225 g/mol. The van der Waals surface area contributed by atoms with E-state index in [0.29, 0.717) is 6.61 Å². The van der Waals surface area contributed by atoms with Gasteiger partial charge in [0, 0.05) is 13.2 Å². The van der Waals surface area contributed by atoms with Crippen molar-refractivity contribution in [2.24, 2.45) is 7.05 Å². The van der Waals surface area contributed by atoms with Crippen LogP contribution in [0.1, 0.15) is 39.4 Å². The number of rotatable bonds is 5. The van der Waals surface area contributed by atoms with E-state index in [1.165, 1.54) is 0 Å². The Balaban J connectivity index is 2.61. The predicted molar refractivity (Wildman–Crippen MR) is 65.3 cm³/mol. The van der Waals surface area contributed by atoms with Crippen LogP contribution in [0.4, 0.5) is 0 Å². The van der Waals surface area contributed by atoms with Gasteiger partial charge in [-0.2, -0.15) is 5.10 Å². The minimum absolute atomic E-state index is 0.109. The SMILES string of the molecule is CCNC(COC(C)(C)C)c1ccn(C)n1. The second-order valence-electron chi connectivity index (χ2n) is 4.95. The second kappa shape index (κ2) is 5.46. The molecule has 1 atom stereocenters. The molecule has 0 aromatic carbocycles. The van der Waals surface area contributed by atoms with Crippen molar-refractivity contribution < 1.29 is 4.74 Å². The van der Waals surface area contributed by atoms with Gasteiger partial charge < -0.3 is 10.1 Å². The molecule has 1 aromatic heterocycles. The molecular formula is C12H23N3O. The molecule has 0 radical (unpaired) electrons. The van der Waals surface area contributed by atoms with Gasteiger partial charge in [-0.3, -0.25) is 4.68 Å². The van der Waals surface area contributed by atoms with Crippen LogP contribution in [0.2, 0.25) is 0 Å².